The highest BCUT2D eigenvalue weighted by molar-refractivity contribution is 6.17. The molecule has 0 aliphatic heterocycles. The standard InChI is InChI=1S/C13H10ClFN4O/c1-20-13-11-12(16-7-17-13)19(10(6-14)18-11)9-4-2-3-8(15)5-9/h2-5,7H,6H2,1H3. The van der Waals surface area contributed by atoms with Gasteiger partial charge in [0.15, 0.2) is 11.2 Å². The predicted molar refractivity (Wildman–Crippen MR) is 72.7 cm³/mol. The molecular weight excluding hydrogens is 283 g/mol. The van der Waals surface area contributed by atoms with Gasteiger partial charge in [0.05, 0.1) is 18.7 Å². The van der Waals surface area contributed by atoms with Crippen LogP contribution in [0.15, 0.2) is 30.6 Å². The summed E-state index contributed by atoms with van der Waals surface area (Å²) in [5.41, 5.74) is 1.62. The first-order valence-corrected chi connectivity index (χ1v) is 6.36. The fourth-order valence-electron chi connectivity index (χ4n) is 2.04. The van der Waals surface area contributed by atoms with E-state index < -0.39 is 0 Å². The number of benzene rings is 1. The molecule has 0 N–H and O–H groups in total. The molecule has 0 radical (unpaired) electrons. The topological polar surface area (TPSA) is 52.8 Å². The van der Waals surface area contributed by atoms with E-state index in [1.165, 1.54) is 25.6 Å². The van der Waals surface area contributed by atoms with E-state index >= 15 is 0 Å². The molecule has 3 rings (SSSR count). The Kier molecular flexibility index (Phi) is 3.23. The lowest BCUT2D eigenvalue weighted by Gasteiger charge is -2.07. The predicted octanol–water partition coefficient (Wildman–Crippen LogP) is 2.70. The molecule has 0 fully saturated rings. The summed E-state index contributed by atoms with van der Waals surface area (Å²) < 4.78 is 20.3. The van der Waals surface area contributed by atoms with Crippen LogP contribution in [0.3, 0.4) is 0 Å². The zero-order chi connectivity index (χ0) is 14.1. The number of methoxy groups -OCH3 is 1. The molecule has 5 nitrogen and oxygen atoms in total. The minimum Gasteiger partial charge on any atom is -0.479 e. The van der Waals surface area contributed by atoms with Gasteiger partial charge in [0.1, 0.15) is 18.0 Å². The molecule has 0 aliphatic carbocycles. The van der Waals surface area contributed by atoms with Crippen molar-refractivity contribution in [2.24, 2.45) is 0 Å². The lowest BCUT2D eigenvalue weighted by atomic mass is 10.3. The molecule has 0 saturated heterocycles. The van der Waals surface area contributed by atoms with E-state index in [9.17, 15) is 4.39 Å². The highest BCUT2D eigenvalue weighted by Gasteiger charge is 2.17. The van der Waals surface area contributed by atoms with E-state index in [4.69, 9.17) is 16.3 Å². The van der Waals surface area contributed by atoms with Crippen LogP contribution in [0.1, 0.15) is 5.82 Å². The number of hydrogen-bond donors (Lipinski definition) is 0. The number of alkyl halides is 1. The maximum Gasteiger partial charge on any atom is 0.245 e. The molecule has 0 bridgehead atoms. The third-order valence-electron chi connectivity index (χ3n) is 2.86. The molecule has 7 heteroatoms. The Morgan fingerprint density at radius 2 is 2.20 bits per heavy atom. The van der Waals surface area contributed by atoms with Gasteiger partial charge in [-0.3, -0.25) is 4.57 Å². The van der Waals surface area contributed by atoms with Crippen molar-refractivity contribution in [3.8, 4) is 11.6 Å². The van der Waals surface area contributed by atoms with Crippen LogP contribution in [0.25, 0.3) is 16.9 Å². The van der Waals surface area contributed by atoms with Gasteiger partial charge in [0, 0.05) is 0 Å². The lowest BCUT2D eigenvalue weighted by Crippen LogP contribution is -2.01. The molecule has 1 aromatic carbocycles. The second-order valence-electron chi connectivity index (χ2n) is 4.03. The maximum atomic E-state index is 13.4. The molecule has 0 aliphatic rings. The maximum absolute atomic E-state index is 13.4. The van der Waals surface area contributed by atoms with E-state index in [1.54, 1.807) is 16.7 Å². The van der Waals surface area contributed by atoms with Crippen LogP contribution in [0.4, 0.5) is 4.39 Å². The quantitative estimate of drug-likeness (QED) is 0.697. The van der Waals surface area contributed by atoms with E-state index in [0.29, 0.717) is 28.6 Å². The fraction of sp³-hybridized carbons (Fsp3) is 0.154. The molecule has 0 spiro atoms. The molecule has 20 heavy (non-hydrogen) atoms. The average molecular weight is 293 g/mol. The van der Waals surface area contributed by atoms with Gasteiger partial charge in [0.2, 0.25) is 5.88 Å². The first kappa shape index (κ1) is 12.8. The van der Waals surface area contributed by atoms with Gasteiger partial charge in [0.25, 0.3) is 0 Å². The van der Waals surface area contributed by atoms with Crippen LogP contribution >= 0.6 is 11.6 Å². The smallest absolute Gasteiger partial charge is 0.245 e. The zero-order valence-corrected chi connectivity index (χ0v) is 11.3. The zero-order valence-electron chi connectivity index (χ0n) is 10.5. The summed E-state index contributed by atoms with van der Waals surface area (Å²) in [7, 11) is 1.50. The third kappa shape index (κ3) is 1.98. The Bertz CT molecular complexity index is 774. The SMILES string of the molecule is COc1ncnc2c1nc(CCl)n2-c1cccc(F)c1. The van der Waals surface area contributed by atoms with Crippen LogP contribution in [-0.4, -0.2) is 26.6 Å². The van der Waals surface area contributed by atoms with Crippen molar-refractivity contribution in [1.82, 2.24) is 19.5 Å². The van der Waals surface area contributed by atoms with Crippen molar-refractivity contribution in [1.29, 1.82) is 0 Å². The summed E-state index contributed by atoms with van der Waals surface area (Å²) in [6.07, 6.45) is 1.37. The molecule has 102 valence electrons. The van der Waals surface area contributed by atoms with E-state index in [-0.39, 0.29) is 11.7 Å². The molecule has 2 heterocycles. The fourth-order valence-corrected chi connectivity index (χ4v) is 2.22. The normalized spacial score (nSPS) is 10.9. The van der Waals surface area contributed by atoms with Gasteiger partial charge in [-0.15, -0.1) is 11.6 Å². The summed E-state index contributed by atoms with van der Waals surface area (Å²) in [6.45, 7) is 0. The Balaban J connectivity index is 2.34. The molecule has 3 aromatic rings. The molecule has 0 amide bonds. The second kappa shape index (κ2) is 5.05. The van der Waals surface area contributed by atoms with Crippen LogP contribution in [0.2, 0.25) is 0 Å². The minimum atomic E-state index is -0.342. The molecule has 0 atom stereocenters. The average Bonchev–Trinajstić information content (AvgIpc) is 2.85. The minimum absolute atomic E-state index is 0.163. The highest BCUT2D eigenvalue weighted by atomic mass is 35.5. The van der Waals surface area contributed by atoms with Crippen LogP contribution < -0.4 is 4.74 Å². The molecule has 2 aromatic heterocycles. The first-order valence-electron chi connectivity index (χ1n) is 5.83. The van der Waals surface area contributed by atoms with E-state index in [0.717, 1.165) is 0 Å². The molecule has 0 saturated carbocycles. The number of nitrogens with zero attached hydrogens (tertiary/aromatic N) is 4. The van der Waals surface area contributed by atoms with Crippen molar-refractivity contribution in [2.75, 3.05) is 7.11 Å². The highest BCUT2D eigenvalue weighted by Crippen LogP contribution is 2.26. The van der Waals surface area contributed by atoms with Gasteiger partial charge in [-0.1, -0.05) is 6.07 Å². The number of imidazole rings is 1. The van der Waals surface area contributed by atoms with Crippen LogP contribution in [0.5, 0.6) is 5.88 Å². The Morgan fingerprint density at radius 1 is 1.35 bits per heavy atom. The number of fused-ring (bicyclic) bond motifs is 1. The Labute approximate surface area is 119 Å². The Morgan fingerprint density at radius 3 is 2.90 bits per heavy atom. The number of aromatic nitrogens is 4. The molecule has 0 unspecified atom stereocenters. The first-order chi connectivity index (χ1) is 9.74. The lowest BCUT2D eigenvalue weighted by molar-refractivity contribution is 0.401. The number of hydrogen-bond acceptors (Lipinski definition) is 4. The van der Waals surface area contributed by atoms with Gasteiger partial charge < -0.3 is 4.74 Å². The summed E-state index contributed by atoms with van der Waals surface area (Å²) >= 11 is 5.92. The summed E-state index contributed by atoms with van der Waals surface area (Å²) in [5, 5.41) is 0. The summed E-state index contributed by atoms with van der Waals surface area (Å²) in [4.78, 5) is 12.6. The summed E-state index contributed by atoms with van der Waals surface area (Å²) in [5.74, 6) is 0.726. The number of rotatable bonds is 3. The van der Waals surface area contributed by atoms with E-state index in [2.05, 4.69) is 15.0 Å². The molecular formula is C13H10ClFN4O. The van der Waals surface area contributed by atoms with E-state index in [1.807, 2.05) is 0 Å². The van der Waals surface area contributed by atoms with Gasteiger partial charge in [-0.25, -0.2) is 14.4 Å². The van der Waals surface area contributed by atoms with Crippen molar-refractivity contribution in [2.45, 2.75) is 5.88 Å². The van der Waals surface area contributed by atoms with Crippen LogP contribution in [0, 0.1) is 5.82 Å². The van der Waals surface area contributed by atoms with Crippen molar-refractivity contribution in [3.63, 3.8) is 0 Å². The van der Waals surface area contributed by atoms with Gasteiger partial charge in [-0.05, 0) is 18.2 Å². The van der Waals surface area contributed by atoms with Gasteiger partial charge in [-0.2, -0.15) is 4.98 Å². The van der Waals surface area contributed by atoms with Crippen molar-refractivity contribution >= 4 is 22.8 Å². The summed E-state index contributed by atoms with van der Waals surface area (Å²) in [6, 6.07) is 6.14. The van der Waals surface area contributed by atoms with Gasteiger partial charge >= 0.3 is 0 Å². The largest absolute Gasteiger partial charge is 0.479 e. The monoisotopic (exact) mass is 292 g/mol. The van der Waals surface area contributed by atoms with Crippen LogP contribution in [-0.2, 0) is 5.88 Å². The van der Waals surface area contributed by atoms with Crippen molar-refractivity contribution < 1.29 is 9.13 Å². The number of ether oxygens (including phenoxy) is 1. The van der Waals surface area contributed by atoms with Crippen molar-refractivity contribution in [3.05, 3.63) is 42.2 Å². The number of halogens is 2. The Hall–Kier alpha value is -2.21. The second-order valence-corrected chi connectivity index (χ2v) is 4.30. The third-order valence-corrected chi connectivity index (χ3v) is 3.10.